The van der Waals surface area contributed by atoms with Crippen LogP contribution in [0.2, 0.25) is 5.02 Å². The van der Waals surface area contributed by atoms with E-state index in [2.05, 4.69) is 11.9 Å². The Morgan fingerprint density at radius 3 is 2.79 bits per heavy atom. The van der Waals surface area contributed by atoms with Crippen molar-refractivity contribution in [2.24, 2.45) is 7.05 Å². The number of aryl methyl sites for hydroxylation is 1. The molecule has 2 rings (SSSR count). The summed E-state index contributed by atoms with van der Waals surface area (Å²) in [6.45, 7) is 2.11. The Morgan fingerprint density at radius 2 is 2.16 bits per heavy atom. The van der Waals surface area contributed by atoms with Gasteiger partial charge in [0.25, 0.3) is 0 Å². The molecule has 0 atom stereocenters. The van der Waals surface area contributed by atoms with E-state index in [1.54, 1.807) is 7.11 Å². The maximum atomic E-state index is 6.27. The largest absolute Gasteiger partial charge is 0.496 e. The summed E-state index contributed by atoms with van der Waals surface area (Å²) < 4.78 is 7.26. The van der Waals surface area contributed by atoms with Gasteiger partial charge in [0.1, 0.15) is 23.1 Å². The van der Waals surface area contributed by atoms with Crippen LogP contribution in [0.15, 0.2) is 18.2 Å². The number of nitrogen functional groups attached to an aromatic ring is 1. The monoisotopic (exact) mass is 279 g/mol. The van der Waals surface area contributed by atoms with Crippen molar-refractivity contribution in [1.82, 2.24) is 9.55 Å². The minimum Gasteiger partial charge on any atom is -0.496 e. The maximum Gasteiger partial charge on any atom is 0.131 e. The molecule has 0 radical (unpaired) electrons. The molecule has 0 amide bonds. The number of hydrogen-bond donors (Lipinski definition) is 1. The fourth-order valence-corrected chi connectivity index (χ4v) is 2.35. The molecule has 1 aromatic carbocycles. The van der Waals surface area contributed by atoms with Crippen LogP contribution in [0.1, 0.15) is 19.2 Å². The Labute approximate surface area is 118 Å². The van der Waals surface area contributed by atoms with Gasteiger partial charge >= 0.3 is 0 Å². The Morgan fingerprint density at radius 1 is 1.42 bits per heavy atom. The van der Waals surface area contributed by atoms with Crippen molar-refractivity contribution in [1.29, 1.82) is 0 Å². The van der Waals surface area contributed by atoms with Crippen molar-refractivity contribution in [3.05, 3.63) is 29.0 Å². The van der Waals surface area contributed by atoms with E-state index in [-0.39, 0.29) is 0 Å². The Hall–Kier alpha value is -1.68. The number of ether oxygens (including phenoxy) is 1. The van der Waals surface area contributed by atoms with Gasteiger partial charge in [-0.05, 0) is 18.6 Å². The van der Waals surface area contributed by atoms with Gasteiger partial charge in [-0.25, -0.2) is 4.98 Å². The number of nitrogens with two attached hydrogens (primary N) is 1. The van der Waals surface area contributed by atoms with Crippen molar-refractivity contribution in [3.8, 4) is 17.0 Å². The molecule has 0 bridgehead atoms. The van der Waals surface area contributed by atoms with E-state index < -0.39 is 0 Å². The van der Waals surface area contributed by atoms with Gasteiger partial charge in [-0.3, -0.25) is 0 Å². The highest BCUT2D eigenvalue weighted by molar-refractivity contribution is 6.33. The highest BCUT2D eigenvalue weighted by atomic mass is 35.5. The lowest BCUT2D eigenvalue weighted by molar-refractivity contribution is 0.416. The van der Waals surface area contributed by atoms with Crippen LogP contribution in [-0.2, 0) is 13.5 Å². The van der Waals surface area contributed by atoms with Gasteiger partial charge < -0.3 is 15.0 Å². The van der Waals surface area contributed by atoms with E-state index in [0.29, 0.717) is 22.3 Å². The van der Waals surface area contributed by atoms with Crippen molar-refractivity contribution < 1.29 is 4.74 Å². The van der Waals surface area contributed by atoms with Crippen LogP contribution in [-0.4, -0.2) is 16.7 Å². The minimum absolute atomic E-state index is 0.590. The molecular formula is C14H18ClN3O. The first-order chi connectivity index (χ1) is 9.10. The van der Waals surface area contributed by atoms with Gasteiger partial charge in [-0.2, -0.15) is 0 Å². The SMILES string of the molecule is CCCc1nc(-c2c(Cl)cccc2OC)c(N)n1C. The molecule has 0 aliphatic rings. The number of benzene rings is 1. The van der Waals surface area contributed by atoms with E-state index in [1.807, 2.05) is 29.8 Å². The molecule has 2 aromatic rings. The van der Waals surface area contributed by atoms with E-state index in [4.69, 9.17) is 22.1 Å². The molecule has 5 heteroatoms. The van der Waals surface area contributed by atoms with Crippen LogP contribution in [0.4, 0.5) is 5.82 Å². The summed E-state index contributed by atoms with van der Waals surface area (Å²) >= 11 is 6.27. The zero-order valence-electron chi connectivity index (χ0n) is 11.4. The highest BCUT2D eigenvalue weighted by Gasteiger charge is 2.19. The predicted molar refractivity (Wildman–Crippen MR) is 78.6 cm³/mol. The summed E-state index contributed by atoms with van der Waals surface area (Å²) in [4.78, 5) is 4.61. The van der Waals surface area contributed by atoms with Gasteiger partial charge in [0.2, 0.25) is 0 Å². The van der Waals surface area contributed by atoms with Gasteiger partial charge in [0.05, 0.1) is 17.7 Å². The van der Waals surface area contributed by atoms with Crippen molar-refractivity contribution >= 4 is 17.4 Å². The normalized spacial score (nSPS) is 10.7. The number of hydrogen-bond acceptors (Lipinski definition) is 3. The number of halogens is 1. The predicted octanol–water partition coefficient (Wildman–Crippen LogP) is 3.28. The highest BCUT2D eigenvalue weighted by Crippen LogP contribution is 2.38. The average Bonchev–Trinajstić information content (AvgIpc) is 2.67. The third-order valence-corrected chi connectivity index (χ3v) is 3.45. The van der Waals surface area contributed by atoms with Crippen molar-refractivity contribution in [3.63, 3.8) is 0 Å². The number of rotatable bonds is 4. The Balaban J connectivity index is 2.62. The quantitative estimate of drug-likeness (QED) is 0.934. The lowest BCUT2D eigenvalue weighted by Gasteiger charge is -2.09. The molecule has 0 aliphatic carbocycles. The second-order valence-electron chi connectivity index (χ2n) is 4.39. The van der Waals surface area contributed by atoms with Crippen molar-refractivity contribution in [2.45, 2.75) is 19.8 Å². The summed E-state index contributed by atoms with van der Waals surface area (Å²) in [6.07, 6.45) is 1.90. The summed E-state index contributed by atoms with van der Waals surface area (Å²) in [5, 5.41) is 0.590. The zero-order chi connectivity index (χ0) is 14.0. The van der Waals surface area contributed by atoms with E-state index in [9.17, 15) is 0 Å². The van der Waals surface area contributed by atoms with Crippen LogP contribution < -0.4 is 10.5 Å². The van der Waals surface area contributed by atoms with Crippen LogP contribution >= 0.6 is 11.6 Å². The zero-order valence-corrected chi connectivity index (χ0v) is 12.2. The second kappa shape index (κ2) is 5.53. The lowest BCUT2D eigenvalue weighted by Crippen LogP contribution is -2.01. The lowest BCUT2D eigenvalue weighted by atomic mass is 10.1. The molecule has 19 heavy (non-hydrogen) atoms. The van der Waals surface area contributed by atoms with Gasteiger partial charge in [0, 0.05) is 13.5 Å². The summed E-state index contributed by atoms with van der Waals surface area (Å²) in [7, 11) is 3.53. The Kier molecular flexibility index (Phi) is 4.00. The first-order valence-electron chi connectivity index (χ1n) is 6.24. The van der Waals surface area contributed by atoms with Gasteiger partial charge in [0.15, 0.2) is 0 Å². The standard InChI is InChI=1S/C14H18ClN3O/c1-4-6-11-17-13(14(16)18(11)2)12-9(15)7-5-8-10(12)19-3/h5,7-8H,4,6,16H2,1-3H3. The molecular weight excluding hydrogens is 262 g/mol. The molecule has 102 valence electrons. The molecule has 2 N–H and O–H groups in total. The molecule has 0 fully saturated rings. The first-order valence-corrected chi connectivity index (χ1v) is 6.61. The van der Waals surface area contributed by atoms with Crippen LogP contribution in [0.5, 0.6) is 5.75 Å². The van der Waals surface area contributed by atoms with Gasteiger partial charge in [-0.1, -0.05) is 24.6 Å². The third kappa shape index (κ3) is 2.40. The van der Waals surface area contributed by atoms with E-state index in [1.165, 1.54) is 0 Å². The molecule has 1 heterocycles. The topological polar surface area (TPSA) is 53.1 Å². The fraction of sp³-hybridized carbons (Fsp3) is 0.357. The number of imidazole rings is 1. The molecule has 0 aliphatic heterocycles. The second-order valence-corrected chi connectivity index (χ2v) is 4.80. The number of methoxy groups -OCH3 is 1. The molecule has 0 saturated heterocycles. The number of anilines is 1. The van der Waals surface area contributed by atoms with Crippen LogP contribution in [0, 0.1) is 0 Å². The molecule has 0 unspecified atom stereocenters. The number of aromatic nitrogens is 2. The third-order valence-electron chi connectivity index (χ3n) is 3.14. The molecule has 1 aromatic heterocycles. The number of nitrogens with zero attached hydrogens (tertiary/aromatic N) is 2. The molecule has 0 saturated carbocycles. The smallest absolute Gasteiger partial charge is 0.131 e. The van der Waals surface area contributed by atoms with E-state index in [0.717, 1.165) is 24.2 Å². The minimum atomic E-state index is 0.590. The summed E-state index contributed by atoms with van der Waals surface area (Å²) in [5.74, 6) is 2.24. The first kappa shape index (κ1) is 13.7. The fourth-order valence-electron chi connectivity index (χ4n) is 2.09. The van der Waals surface area contributed by atoms with Crippen molar-refractivity contribution in [2.75, 3.05) is 12.8 Å². The van der Waals surface area contributed by atoms with Gasteiger partial charge in [-0.15, -0.1) is 0 Å². The average molecular weight is 280 g/mol. The van der Waals surface area contributed by atoms with E-state index >= 15 is 0 Å². The van der Waals surface area contributed by atoms with Crippen LogP contribution in [0.25, 0.3) is 11.3 Å². The summed E-state index contributed by atoms with van der Waals surface area (Å²) in [6, 6.07) is 5.51. The maximum absolute atomic E-state index is 6.27. The summed E-state index contributed by atoms with van der Waals surface area (Å²) in [5.41, 5.74) is 7.58. The Bertz CT molecular complexity index is 593. The molecule has 0 spiro atoms. The molecule has 4 nitrogen and oxygen atoms in total. The van der Waals surface area contributed by atoms with Crippen LogP contribution in [0.3, 0.4) is 0 Å².